The van der Waals surface area contributed by atoms with E-state index in [1.165, 1.54) is 11.8 Å². The summed E-state index contributed by atoms with van der Waals surface area (Å²) in [5.41, 5.74) is 2.13. The molecule has 1 heterocycles. The topological polar surface area (TPSA) is 59.1 Å². The Hall–Kier alpha value is -0.940. The summed E-state index contributed by atoms with van der Waals surface area (Å²) in [6.45, 7) is 4.82. The average molecular weight is 270 g/mol. The van der Waals surface area contributed by atoms with Gasteiger partial charge in [-0.25, -0.2) is 8.42 Å². The quantitative estimate of drug-likeness (QED) is 0.809. The number of nitrogens with zero attached hydrogens (tertiary/aromatic N) is 1. The Kier molecular flexibility index (Phi) is 5.75. The number of sulfone groups is 1. The van der Waals surface area contributed by atoms with Crippen LogP contribution in [0.5, 0.6) is 0 Å². The Bertz CT molecular complexity index is 454. The molecule has 0 aliphatic heterocycles. The number of rotatable bonds is 7. The van der Waals surface area contributed by atoms with Gasteiger partial charge in [-0.2, -0.15) is 0 Å². The lowest BCUT2D eigenvalue weighted by molar-refractivity contribution is 0.541. The minimum absolute atomic E-state index is 0.0648. The van der Waals surface area contributed by atoms with E-state index in [9.17, 15) is 8.42 Å². The zero-order chi connectivity index (χ0) is 13.6. The fourth-order valence-corrected chi connectivity index (χ4v) is 2.85. The third-order valence-electron chi connectivity index (χ3n) is 2.75. The fourth-order valence-electron chi connectivity index (χ4n) is 1.88. The van der Waals surface area contributed by atoms with Crippen molar-refractivity contribution in [2.24, 2.45) is 0 Å². The summed E-state index contributed by atoms with van der Waals surface area (Å²) in [4.78, 5) is 4.37. The molecule has 1 unspecified atom stereocenters. The first-order chi connectivity index (χ1) is 8.44. The molecular weight excluding hydrogens is 248 g/mol. The lowest BCUT2D eigenvalue weighted by atomic mass is 10.1. The molecule has 1 atom stereocenters. The molecule has 0 saturated carbocycles. The van der Waals surface area contributed by atoms with Crippen LogP contribution in [0, 0.1) is 0 Å². The average Bonchev–Trinajstić information content (AvgIpc) is 2.28. The molecule has 5 heteroatoms. The highest BCUT2D eigenvalue weighted by molar-refractivity contribution is 7.90. The highest BCUT2D eigenvalue weighted by Gasteiger charge is 2.15. The van der Waals surface area contributed by atoms with Gasteiger partial charge < -0.3 is 5.32 Å². The summed E-state index contributed by atoms with van der Waals surface area (Å²) in [5.74, 6) is 0.151. The molecule has 0 amide bonds. The molecule has 1 N–H and O–H groups in total. The molecule has 102 valence electrons. The van der Waals surface area contributed by atoms with Crippen LogP contribution in [0.15, 0.2) is 18.3 Å². The second-order valence-electron chi connectivity index (χ2n) is 4.56. The second-order valence-corrected chi connectivity index (χ2v) is 6.75. The maximum absolute atomic E-state index is 11.3. The van der Waals surface area contributed by atoms with Gasteiger partial charge in [-0.15, -0.1) is 0 Å². The van der Waals surface area contributed by atoms with Crippen molar-refractivity contribution in [3.05, 3.63) is 29.6 Å². The molecule has 1 aromatic rings. The van der Waals surface area contributed by atoms with Crippen molar-refractivity contribution >= 4 is 9.84 Å². The SMILES string of the molecule is CCNC(Cc1ccc(CC)cn1)CS(C)(=O)=O. The van der Waals surface area contributed by atoms with E-state index in [4.69, 9.17) is 0 Å². The van der Waals surface area contributed by atoms with Crippen molar-refractivity contribution in [2.45, 2.75) is 32.7 Å². The summed E-state index contributed by atoms with van der Waals surface area (Å²) in [6.07, 6.45) is 4.74. The van der Waals surface area contributed by atoms with Crippen molar-refractivity contribution < 1.29 is 8.42 Å². The molecule has 0 bridgehead atoms. The number of aromatic nitrogens is 1. The first-order valence-corrected chi connectivity index (χ1v) is 8.35. The number of pyridine rings is 1. The molecule has 18 heavy (non-hydrogen) atoms. The zero-order valence-electron chi connectivity index (χ0n) is 11.3. The van der Waals surface area contributed by atoms with E-state index in [2.05, 4.69) is 17.2 Å². The Morgan fingerprint density at radius 2 is 2.06 bits per heavy atom. The Morgan fingerprint density at radius 3 is 2.50 bits per heavy atom. The van der Waals surface area contributed by atoms with Gasteiger partial charge in [-0.1, -0.05) is 19.9 Å². The Labute approximate surface area is 110 Å². The largest absolute Gasteiger partial charge is 0.313 e. The van der Waals surface area contributed by atoms with Crippen molar-refractivity contribution in [1.82, 2.24) is 10.3 Å². The maximum atomic E-state index is 11.3. The molecule has 0 spiro atoms. The van der Waals surface area contributed by atoms with Crippen LogP contribution in [-0.4, -0.2) is 38.0 Å². The van der Waals surface area contributed by atoms with Gasteiger partial charge in [0, 0.05) is 30.6 Å². The Balaban J connectivity index is 2.70. The molecule has 0 fully saturated rings. The molecule has 0 aromatic carbocycles. The summed E-state index contributed by atoms with van der Waals surface area (Å²) >= 11 is 0. The lowest BCUT2D eigenvalue weighted by Gasteiger charge is -2.16. The van der Waals surface area contributed by atoms with Crippen LogP contribution in [0.3, 0.4) is 0 Å². The fraction of sp³-hybridized carbons (Fsp3) is 0.615. The molecular formula is C13H22N2O2S. The van der Waals surface area contributed by atoms with Crippen LogP contribution < -0.4 is 5.32 Å². The van der Waals surface area contributed by atoms with Gasteiger partial charge >= 0.3 is 0 Å². The van der Waals surface area contributed by atoms with E-state index in [1.54, 1.807) is 0 Å². The van der Waals surface area contributed by atoms with Crippen LogP contribution in [-0.2, 0) is 22.7 Å². The highest BCUT2D eigenvalue weighted by Crippen LogP contribution is 2.05. The van der Waals surface area contributed by atoms with Crippen LogP contribution in [0.4, 0.5) is 0 Å². The first kappa shape index (κ1) is 15.1. The van der Waals surface area contributed by atoms with E-state index in [0.717, 1.165) is 18.7 Å². The molecule has 0 saturated heterocycles. The van der Waals surface area contributed by atoms with E-state index in [0.29, 0.717) is 6.42 Å². The Morgan fingerprint density at radius 1 is 1.33 bits per heavy atom. The summed E-state index contributed by atoms with van der Waals surface area (Å²) in [6, 6.07) is 3.96. The zero-order valence-corrected chi connectivity index (χ0v) is 12.1. The molecule has 0 aliphatic carbocycles. The monoisotopic (exact) mass is 270 g/mol. The van der Waals surface area contributed by atoms with E-state index in [1.807, 2.05) is 25.3 Å². The number of hydrogen-bond acceptors (Lipinski definition) is 4. The number of aryl methyl sites for hydroxylation is 1. The molecule has 4 nitrogen and oxygen atoms in total. The number of likely N-dealkylation sites (N-methyl/N-ethyl adjacent to an activating group) is 1. The van der Waals surface area contributed by atoms with Gasteiger partial charge in [0.1, 0.15) is 9.84 Å². The highest BCUT2D eigenvalue weighted by atomic mass is 32.2. The normalized spacial score (nSPS) is 13.5. The standard InChI is InChI=1S/C13H22N2O2S/c1-4-11-6-7-12(15-9-11)8-13(14-5-2)10-18(3,16)17/h6-7,9,13-14H,4-5,8,10H2,1-3H3. The third kappa shape index (κ3) is 5.60. The predicted octanol–water partition coefficient (Wildman–Crippen LogP) is 1.21. The van der Waals surface area contributed by atoms with Gasteiger partial charge in [-0.3, -0.25) is 4.98 Å². The summed E-state index contributed by atoms with van der Waals surface area (Å²) < 4.78 is 22.7. The van der Waals surface area contributed by atoms with E-state index in [-0.39, 0.29) is 11.8 Å². The number of nitrogens with one attached hydrogen (secondary N) is 1. The van der Waals surface area contributed by atoms with Crippen LogP contribution >= 0.6 is 0 Å². The van der Waals surface area contributed by atoms with Gasteiger partial charge in [0.25, 0.3) is 0 Å². The van der Waals surface area contributed by atoms with Gasteiger partial charge in [0.15, 0.2) is 0 Å². The minimum Gasteiger partial charge on any atom is -0.313 e. The maximum Gasteiger partial charge on any atom is 0.148 e. The number of hydrogen-bond donors (Lipinski definition) is 1. The van der Waals surface area contributed by atoms with Crippen molar-refractivity contribution in [3.63, 3.8) is 0 Å². The van der Waals surface area contributed by atoms with Gasteiger partial charge in [-0.05, 0) is 24.6 Å². The van der Waals surface area contributed by atoms with Crippen molar-refractivity contribution in [3.8, 4) is 0 Å². The lowest BCUT2D eigenvalue weighted by Crippen LogP contribution is -2.37. The van der Waals surface area contributed by atoms with Crippen LogP contribution in [0.25, 0.3) is 0 Å². The van der Waals surface area contributed by atoms with Crippen LogP contribution in [0.2, 0.25) is 0 Å². The smallest absolute Gasteiger partial charge is 0.148 e. The van der Waals surface area contributed by atoms with Crippen molar-refractivity contribution in [1.29, 1.82) is 0 Å². The van der Waals surface area contributed by atoms with Crippen molar-refractivity contribution in [2.75, 3.05) is 18.6 Å². The second kappa shape index (κ2) is 6.85. The van der Waals surface area contributed by atoms with E-state index < -0.39 is 9.84 Å². The third-order valence-corrected chi connectivity index (χ3v) is 3.75. The van der Waals surface area contributed by atoms with Gasteiger partial charge in [0.05, 0.1) is 5.75 Å². The first-order valence-electron chi connectivity index (χ1n) is 6.29. The molecule has 1 rings (SSSR count). The summed E-state index contributed by atoms with van der Waals surface area (Å²) in [7, 11) is -2.97. The summed E-state index contributed by atoms with van der Waals surface area (Å²) in [5, 5.41) is 3.20. The minimum atomic E-state index is -2.97. The van der Waals surface area contributed by atoms with Crippen LogP contribution in [0.1, 0.15) is 25.1 Å². The molecule has 0 aliphatic rings. The van der Waals surface area contributed by atoms with Gasteiger partial charge in [0.2, 0.25) is 0 Å². The van der Waals surface area contributed by atoms with E-state index >= 15 is 0 Å². The molecule has 0 radical (unpaired) electrons. The predicted molar refractivity (Wildman–Crippen MR) is 74.5 cm³/mol. The molecule has 1 aromatic heterocycles.